The van der Waals surface area contributed by atoms with Gasteiger partial charge in [-0.25, -0.2) is 0 Å². The van der Waals surface area contributed by atoms with Crippen molar-refractivity contribution >= 4 is 5.91 Å². The number of hydrogen-bond acceptors (Lipinski definition) is 18. The fourth-order valence-corrected chi connectivity index (χ4v) is 10.7. The Hall–Kier alpha value is -4.59. The minimum atomic E-state index is -1.99. The number of ether oxygens (including phenoxy) is 6. The van der Waals surface area contributed by atoms with E-state index in [0.29, 0.717) is 12.8 Å². The summed E-state index contributed by atoms with van der Waals surface area (Å²) in [5.41, 5.74) is 0. The number of amides is 1. The number of aliphatic hydroxyl groups is 11. The van der Waals surface area contributed by atoms with Crippen LogP contribution >= 0.6 is 0 Å². The van der Waals surface area contributed by atoms with Crippen molar-refractivity contribution in [3.8, 4) is 0 Å². The van der Waals surface area contributed by atoms with Gasteiger partial charge in [-0.2, -0.15) is 0 Å². The number of nitrogens with one attached hydrogen (secondary N) is 1. The lowest BCUT2D eigenvalue weighted by molar-refractivity contribution is -0.379. The molecule has 3 saturated heterocycles. The zero-order chi connectivity index (χ0) is 68.9. The number of rotatable bonds is 51. The topological polar surface area (TPSA) is 307 Å². The van der Waals surface area contributed by atoms with E-state index in [1.165, 1.54) is 32.1 Å². The fraction of sp³-hybridized carbons (Fsp3) is 0.645. The number of allylic oxidation sites excluding steroid dienone is 25. The van der Waals surface area contributed by atoms with Crippen molar-refractivity contribution < 1.29 is 89.4 Å². The lowest BCUT2D eigenvalue weighted by atomic mass is 9.96. The van der Waals surface area contributed by atoms with Crippen molar-refractivity contribution in [1.29, 1.82) is 0 Å². The Balaban J connectivity index is 1.30. The zero-order valence-electron chi connectivity index (χ0n) is 56.8. The third-order valence-electron chi connectivity index (χ3n) is 16.4. The first-order valence-electron chi connectivity index (χ1n) is 35.2. The minimum absolute atomic E-state index is 0.215. The fourth-order valence-electron chi connectivity index (χ4n) is 10.7. The van der Waals surface area contributed by atoms with Crippen LogP contribution in [0, 0.1) is 0 Å². The molecular weight excluding hydrogens is 1210 g/mol. The third kappa shape index (κ3) is 36.7. The first-order valence-corrected chi connectivity index (χ1v) is 35.2. The average Bonchev–Trinajstić information content (AvgIpc) is 0.795. The number of hydrogen-bond donors (Lipinski definition) is 12. The van der Waals surface area contributed by atoms with Crippen LogP contribution in [0.5, 0.6) is 0 Å². The maximum Gasteiger partial charge on any atom is 0.220 e. The van der Waals surface area contributed by atoms with Crippen molar-refractivity contribution in [2.75, 3.05) is 26.4 Å². The summed E-state index contributed by atoms with van der Waals surface area (Å²) in [4.78, 5) is 13.3. The predicted octanol–water partition coefficient (Wildman–Crippen LogP) is 9.71. The molecule has 3 aliphatic rings. The highest BCUT2D eigenvalue weighted by molar-refractivity contribution is 5.76. The molecule has 3 fully saturated rings. The highest BCUT2D eigenvalue weighted by Gasteiger charge is 2.53. The Kier molecular flexibility index (Phi) is 49.3. The SMILES string of the molecule is C/C=C/CC/C=C/CC/C=C/C(O)C(COC1OC(CO)C(OC2OC(CO)C(OC3OC(CO)C(O)C(O)C3O)C(O)C2O)C(O)C1O)NC(=O)CCCCCCCCCCCC/C=C\C/C=C\C/C=C\C/C=C\C/C=C\C/C=C\C/C=C\C/C=C\C/C=C\C/C=C\CC. The van der Waals surface area contributed by atoms with E-state index in [1.807, 2.05) is 13.0 Å². The van der Waals surface area contributed by atoms with Crippen molar-refractivity contribution in [3.05, 3.63) is 158 Å². The number of aliphatic hydroxyl groups excluding tert-OH is 11. The Morgan fingerprint density at radius 1 is 0.400 bits per heavy atom. The summed E-state index contributed by atoms with van der Waals surface area (Å²) in [5, 5.41) is 120. The van der Waals surface area contributed by atoms with Gasteiger partial charge >= 0.3 is 0 Å². The van der Waals surface area contributed by atoms with Crippen LogP contribution in [0.3, 0.4) is 0 Å². The van der Waals surface area contributed by atoms with Crippen LogP contribution in [-0.2, 0) is 33.2 Å². The molecule has 0 spiro atoms. The van der Waals surface area contributed by atoms with E-state index in [4.69, 9.17) is 28.4 Å². The van der Waals surface area contributed by atoms with Gasteiger partial charge in [-0.1, -0.05) is 216 Å². The van der Waals surface area contributed by atoms with Crippen LogP contribution in [-0.4, -0.2) is 193 Å². The Morgan fingerprint density at radius 2 is 0.747 bits per heavy atom. The molecule has 538 valence electrons. The standard InChI is InChI=1S/C76H121NO18/c1-3-5-7-9-11-13-14-15-16-17-18-19-20-21-22-23-24-25-26-27-28-29-30-31-32-33-34-35-36-37-38-39-40-41-42-43-44-46-48-50-52-54-64(82)77-59(60(81)53-51-49-47-45-12-10-8-6-4-2)58-90-74-70(88)67(85)72(62(56-79)92-74)95-76-71(89)68(86)73(63(57-80)93-76)94-75-69(87)66(84)65(83)61(55-78)91-75/h4-7,11-13,15-16,18-19,21-22,24-25,27-28,30-31,33-34,36-37,45,51,53,59-63,65-76,78-81,83-89H,3,8-10,14,17,20,23,26,29,32,35,38-44,46-50,52,54-58H2,1-2H3,(H,77,82)/b6-4+,7-5-,13-11-,16-15-,19-18-,22-21-,25-24-,28-27-,31-30-,34-33-,37-36-,45-12+,53-51+. The van der Waals surface area contributed by atoms with Crippen LogP contribution < -0.4 is 5.32 Å². The van der Waals surface area contributed by atoms with Crippen LogP contribution in [0.15, 0.2) is 158 Å². The molecule has 12 N–H and O–H groups in total. The van der Waals surface area contributed by atoms with Gasteiger partial charge < -0.3 is 89.9 Å². The van der Waals surface area contributed by atoms with Gasteiger partial charge in [0.25, 0.3) is 0 Å². The smallest absolute Gasteiger partial charge is 0.220 e. The second-order valence-corrected chi connectivity index (χ2v) is 24.3. The molecule has 19 nitrogen and oxygen atoms in total. The van der Waals surface area contributed by atoms with E-state index < -0.39 is 124 Å². The quantitative estimate of drug-likeness (QED) is 0.0199. The predicted molar refractivity (Wildman–Crippen MR) is 373 cm³/mol. The highest BCUT2D eigenvalue weighted by atomic mass is 16.8. The van der Waals surface area contributed by atoms with E-state index in [-0.39, 0.29) is 18.9 Å². The van der Waals surface area contributed by atoms with Gasteiger partial charge in [-0.3, -0.25) is 4.79 Å². The molecule has 0 radical (unpaired) electrons. The van der Waals surface area contributed by atoms with Gasteiger partial charge in [0.1, 0.15) is 73.2 Å². The molecule has 0 aromatic carbocycles. The number of unbranched alkanes of at least 4 members (excludes halogenated alkanes) is 12. The Morgan fingerprint density at radius 3 is 1.18 bits per heavy atom. The Labute approximate surface area is 567 Å². The van der Waals surface area contributed by atoms with E-state index >= 15 is 0 Å². The first kappa shape index (κ1) is 84.6. The van der Waals surface area contributed by atoms with Crippen LogP contribution in [0.1, 0.15) is 181 Å². The molecule has 0 aromatic heterocycles. The Bertz CT molecular complexity index is 2340. The molecule has 17 atom stereocenters. The minimum Gasteiger partial charge on any atom is -0.394 e. The molecule has 0 bridgehead atoms. The largest absolute Gasteiger partial charge is 0.394 e. The lowest BCUT2D eigenvalue weighted by Gasteiger charge is -2.48. The second-order valence-electron chi connectivity index (χ2n) is 24.3. The zero-order valence-corrected chi connectivity index (χ0v) is 56.8. The molecule has 0 saturated carbocycles. The normalized spacial score (nSPS) is 28.2. The van der Waals surface area contributed by atoms with E-state index in [1.54, 1.807) is 12.2 Å². The van der Waals surface area contributed by atoms with Crippen LogP contribution in [0.2, 0.25) is 0 Å². The van der Waals surface area contributed by atoms with Crippen molar-refractivity contribution in [2.24, 2.45) is 0 Å². The van der Waals surface area contributed by atoms with Gasteiger partial charge in [0.15, 0.2) is 18.9 Å². The molecular formula is C76H121NO18. The van der Waals surface area contributed by atoms with Gasteiger partial charge in [0, 0.05) is 6.42 Å². The monoisotopic (exact) mass is 1340 g/mol. The van der Waals surface area contributed by atoms with Crippen molar-refractivity contribution in [1.82, 2.24) is 5.32 Å². The summed E-state index contributed by atoms with van der Waals surface area (Å²) in [6.45, 7) is 1.30. The molecule has 17 unspecified atom stereocenters. The van der Waals surface area contributed by atoms with E-state index in [9.17, 15) is 61.0 Å². The molecule has 19 heteroatoms. The summed E-state index contributed by atoms with van der Waals surface area (Å²) in [6.07, 6.45) is 54.3. The molecule has 0 aliphatic carbocycles. The van der Waals surface area contributed by atoms with E-state index in [2.05, 4.69) is 152 Å². The summed E-state index contributed by atoms with van der Waals surface area (Å²) >= 11 is 0. The van der Waals surface area contributed by atoms with Crippen molar-refractivity contribution in [3.63, 3.8) is 0 Å². The van der Waals surface area contributed by atoms with Gasteiger partial charge in [0.05, 0.1) is 38.6 Å². The molecule has 1 amide bonds. The molecule has 3 rings (SSSR count). The summed E-state index contributed by atoms with van der Waals surface area (Å²) in [6, 6.07) is -1.01. The molecule has 0 aromatic rings. The summed E-state index contributed by atoms with van der Waals surface area (Å²) < 4.78 is 34.2. The summed E-state index contributed by atoms with van der Waals surface area (Å²) in [7, 11) is 0. The van der Waals surface area contributed by atoms with E-state index in [0.717, 1.165) is 116 Å². The lowest BCUT2D eigenvalue weighted by Crippen LogP contribution is -2.66. The average molecular weight is 1340 g/mol. The summed E-state index contributed by atoms with van der Waals surface area (Å²) in [5.74, 6) is -0.306. The number of carbonyl (C=O) groups is 1. The molecule has 3 heterocycles. The maximum atomic E-state index is 13.3. The van der Waals surface area contributed by atoms with Gasteiger partial charge in [0.2, 0.25) is 5.91 Å². The highest BCUT2D eigenvalue weighted by Crippen LogP contribution is 2.33. The first-order chi connectivity index (χ1) is 46.3. The van der Waals surface area contributed by atoms with Crippen LogP contribution in [0.4, 0.5) is 0 Å². The van der Waals surface area contributed by atoms with Gasteiger partial charge in [-0.15, -0.1) is 0 Å². The maximum absolute atomic E-state index is 13.3. The molecule has 3 aliphatic heterocycles. The second kappa shape index (κ2) is 55.3. The molecule has 95 heavy (non-hydrogen) atoms. The van der Waals surface area contributed by atoms with Crippen molar-refractivity contribution in [2.45, 2.75) is 285 Å². The third-order valence-corrected chi connectivity index (χ3v) is 16.4. The van der Waals surface area contributed by atoms with Crippen LogP contribution in [0.25, 0.3) is 0 Å². The van der Waals surface area contributed by atoms with Gasteiger partial charge in [-0.05, 0) is 116 Å². The number of carbonyl (C=O) groups excluding carboxylic acids is 1.